The molecule has 1 aliphatic rings. The fourth-order valence-corrected chi connectivity index (χ4v) is 2.84. The Bertz CT molecular complexity index is 607. The third-order valence-electron chi connectivity index (χ3n) is 4.14. The van der Waals surface area contributed by atoms with Crippen LogP contribution in [0.2, 0.25) is 0 Å². The van der Waals surface area contributed by atoms with Crippen molar-refractivity contribution in [1.82, 2.24) is 5.32 Å². The topological polar surface area (TPSA) is 35.5 Å². The molecule has 0 aliphatic carbocycles. The van der Waals surface area contributed by atoms with E-state index in [2.05, 4.69) is 47.6 Å². The minimum absolute atomic E-state index is 0.108. The Kier molecular flexibility index (Phi) is 4.23. The van der Waals surface area contributed by atoms with Crippen molar-refractivity contribution >= 4 is 5.69 Å². The highest BCUT2D eigenvalue weighted by molar-refractivity contribution is 5.58. The number of hydrogen-bond acceptors (Lipinski definition) is 3. The first-order chi connectivity index (χ1) is 10.3. The van der Waals surface area contributed by atoms with Gasteiger partial charge in [0.25, 0.3) is 0 Å². The van der Waals surface area contributed by atoms with Gasteiger partial charge in [0.05, 0.1) is 6.61 Å². The first-order valence-corrected chi connectivity index (χ1v) is 7.48. The minimum atomic E-state index is 0.108. The highest BCUT2D eigenvalue weighted by Gasteiger charge is 2.15. The van der Waals surface area contributed by atoms with Crippen LogP contribution < -0.4 is 10.2 Å². The zero-order valence-electron chi connectivity index (χ0n) is 12.5. The predicted molar refractivity (Wildman–Crippen MR) is 86.3 cm³/mol. The van der Waals surface area contributed by atoms with Gasteiger partial charge in [0.1, 0.15) is 0 Å². The van der Waals surface area contributed by atoms with Gasteiger partial charge in [-0.2, -0.15) is 0 Å². The first-order valence-electron chi connectivity index (χ1n) is 7.48. The lowest BCUT2D eigenvalue weighted by atomic mass is 10.1. The molecule has 0 saturated carbocycles. The van der Waals surface area contributed by atoms with Crippen LogP contribution in [0.3, 0.4) is 0 Å². The summed E-state index contributed by atoms with van der Waals surface area (Å²) < 4.78 is 0. The van der Waals surface area contributed by atoms with Gasteiger partial charge in [-0.25, -0.2) is 0 Å². The summed E-state index contributed by atoms with van der Waals surface area (Å²) in [6, 6.07) is 14.8. The molecule has 3 nitrogen and oxygen atoms in total. The van der Waals surface area contributed by atoms with Gasteiger partial charge in [-0.1, -0.05) is 36.4 Å². The molecule has 0 atom stereocenters. The largest absolute Gasteiger partial charge is 0.392 e. The van der Waals surface area contributed by atoms with Gasteiger partial charge >= 0.3 is 0 Å². The van der Waals surface area contributed by atoms with Crippen molar-refractivity contribution < 1.29 is 5.11 Å². The number of fused-ring (bicyclic) bond motifs is 1. The van der Waals surface area contributed by atoms with E-state index >= 15 is 0 Å². The fourth-order valence-electron chi connectivity index (χ4n) is 2.84. The molecule has 110 valence electrons. The minimum Gasteiger partial charge on any atom is -0.392 e. The second-order valence-electron chi connectivity index (χ2n) is 5.71. The van der Waals surface area contributed by atoms with Crippen molar-refractivity contribution in [3.8, 4) is 0 Å². The van der Waals surface area contributed by atoms with E-state index in [0.717, 1.165) is 31.6 Å². The Morgan fingerprint density at radius 3 is 2.43 bits per heavy atom. The molecule has 1 heterocycles. The Morgan fingerprint density at radius 2 is 1.67 bits per heavy atom. The molecule has 0 saturated heterocycles. The van der Waals surface area contributed by atoms with Gasteiger partial charge in [0.15, 0.2) is 0 Å². The molecule has 0 bridgehead atoms. The summed E-state index contributed by atoms with van der Waals surface area (Å²) in [5.74, 6) is 0. The van der Waals surface area contributed by atoms with Crippen LogP contribution in [-0.2, 0) is 26.1 Å². The van der Waals surface area contributed by atoms with Gasteiger partial charge in [0.2, 0.25) is 0 Å². The number of nitrogens with zero attached hydrogens (tertiary/aromatic N) is 1. The standard InChI is InChI=1S/C18H22N2O/c1-20-9-8-17-10-16(6-7-18(17)20)12-19-11-14-2-4-15(13-21)5-3-14/h2-7,10,19,21H,8-9,11-13H2,1H3. The molecular formula is C18H22N2O. The highest BCUT2D eigenvalue weighted by Crippen LogP contribution is 2.27. The van der Waals surface area contributed by atoms with Crippen LogP contribution in [0.4, 0.5) is 5.69 Å². The van der Waals surface area contributed by atoms with Crippen LogP contribution in [0.5, 0.6) is 0 Å². The number of benzene rings is 2. The van der Waals surface area contributed by atoms with Gasteiger partial charge in [-0.05, 0) is 34.7 Å². The van der Waals surface area contributed by atoms with Crippen molar-refractivity contribution in [2.24, 2.45) is 0 Å². The summed E-state index contributed by atoms with van der Waals surface area (Å²) in [6.07, 6.45) is 1.16. The molecular weight excluding hydrogens is 260 g/mol. The summed E-state index contributed by atoms with van der Waals surface area (Å²) >= 11 is 0. The lowest BCUT2D eigenvalue weighted by Gasteiger charge is -2.12. The number of nitrogens with one attached hydrogen (secondary N) is 1. The quantitative estimate of drug-likeness (QED) is 0.884. The van der Waals surface area contributed by atoms with Crippen molar-refractivity contribution in [2.75, 3.05) is 18.5 Å². The highest BCUT2D eigenvalue weighted by atomic mass is 16.3. The maximum absolute atomic E-state index is 9.03. The smallest absolute Gasteiger partial charge is 0.0681 e. The second-order valence-corrected chi connectivity index (χ2v) is 5.71. The maximum Gasteiger partial charge on any atom is 0.0681 e. The molecule has 0 radical (unpaired) electrons. The zero-order valence-corrected chi connectivity index (χ0v) is 12.5. The van der Waals surface area contributed by atoms with Crippen LogP contribution in [0.25, 0.3) is 0 Å². The molecule has 0 amide bonds. The maximum atomic E-state index is 9.03. The molecule has 3 heteroatoms. The third-order valence-corrected chi connectivity index (χ3v) is 4.14. The van der Waals surface area contributed by atoms with E-state index in [1.807, 2.05) is 12.1 Å². The van der Waals surface area contributed by atoms with Gasteiger partial charge in [-0.15, -0.1) is 0 Å². The normalized spacial score (nSPS) is 13.5. The number of anilines is 1. The SMILES string of the molecule is CN1CCc2cc(CNCc3ccc(CO)cc3)ccc21. The average Bonchev–Trinajstić information content (AvgIpc) is 2.89. The predicted octanol–water partition coefficient (Wildman–Crippen LogP) is 2.46. The Labute approximate surface area is 126 Å². The van der Waals surface area contributed by atoms with E-state index in [4.69, 9.17) is 5.11 Å². The summed E-state index contributed by atoms with van der Waals surface area (Å²) in [7, 11) is 2.15. The van der Waals surface area contributed by atoms with Crippen LogP contribution in [0.15, 0.2) is 42.5 Å². The fraction of sp³-hybridized carbons (Fsp3) is 0.333. The van der Waals surface area contributed by atoms with Gasteiger partial charge in [0, 0.05) is 32.4 Å². The molecule has 0 aromatic heterocycles. The van der Waals surface area contributed by atoms with Crippen molar-refractivity contribution in [3.05, 3.63) is 64.7 Å². The molecule has 0 fully saturated rings. The Morgan fingerprint density at radius 1 is 1.00 bits per heavy atom. The lowest BCUT2D eigenvalue weighted by Crippen LogP contribution is -2.13. The van der Waals surface area contributed by atoms with Crippen molar-refractivity contribution in [3.63, 3.8) is 0 Å². The van der Waals surface area contributed by atoms with Gasteiger partial charge < -0.3 is 15.3 Å². The van der Waals surface area contributed by atoms with Crippen LogP contribution in [-0.4, -0.2) is 18.7 Å². The van der Waals surface area contributed by atoms with E-state index in [1.165, 1.54) is 22.4 Å². The summed E-state index contributed by atoms with van der Waals surface area (Å²) in [5.41, 5.74) is 6.38. The molecule has 0 unspecified atom stereocenters. The lowest BCUT2D eigenvalue weighted by molar-refractivity contribution is 0.282. The molecule has 0 spiro atoms. The van der Waals surface area contributed by atoms with E-state index in [9.17, 15) is 0 Å². The van der Waals surface area contributed by atoms with Crippen molar-refractivity contribution in [2.45, 2.75) is 26.1 Å². The number of hydrogen-bond donors (Lipinski definition) is 2. The number of rotatable bonds is 5. The number of aliphatic hydroxyl groups excluding tert-OH is 1. The molecule has 1 aliphatic heterocycles. The molecule has 2 aromatic carbocycles. The van der Waals surface area contributed by atoms with Crippen molar-refractivity contribution in [1.29, 1.82) is 0 Å². The zero-order chi connectivity index (χ0) is 14.7. The average molecular weight is 282 g/mol. The van der Waals surface area contributed by atoms with Crippen LogP contribution in [0, 0.1) is 0 Å². The monoisotopic (exact) mass is 282 g/mol. The van der Waals surface area contributed by atoms with E-state index < -0.39 is 0 Å². The molecule has 21 heavy (non-hydrogen) atoms. The molecule has 2 N–H and O–H groups in total. The summed E-state index contributed by atoms with van der Waals surface area (Å²) in [5, 5.41) is 12.5. The Balaban J connectivity index is 1.55. The molecule has 2 aromatic rings. The number of likely N-dealkylation sites (N-methyl/N-ethyl adjacent to an activating group) is 1. The van der Waals surface area contributed by atoms with Crippen LogP contribution in [0.1, 0.15) is 22.3 Å². The van der Waals surface area contributed by atoms with E-state index in [1.54, 1.807) is 0 Å². The third kappa shape index (κ3) is 3.26. The Hall–Kier alpha value is -1.84. The second kappa shape index (κ2) is 6.29. The van der Waals surface area contributed by atoms with E-state index in [-0.39, 0.29) is 6.61 Å². The van der Waals surface area contributed by atoms with Gasteiger partial charge in [-0.3, -0.25) is 0 Å². The van der Waals surface area contributed by atoms with E-state index in [0.29, 0.717) is 0 Å². The first kappa shape index (κ1) is 14.1. The van der Waals surface area contributed by atoms with Crippen LogP contribution >= 0.6 is 0 Å². The number of aliphatic hydroxyl groups is 1. The molecule has 3 rings (SSSR count). The summed E-state index contributed by atoms with van der Waals surface area (Å²) in [6.45, 7) is 2.97. The summed E-state index contributed by atoms with van der Waals surface area (Å²) in [4.78, 5) is 2.31.